The highest BCUT2D eigenvalue weighted by Gasteiger charge is 2.15. The Balaban J connectivity index is 1.54. The van der Waals surface area contributed by atoms with Crippen LogP contribution in [0.25, 0.3) is 22.7 Å². The molecule has 3 aromatic carbocycles. The summed E-state index contributed by atoms with van der Waals surface area (Å²) in [7, 11) is -3.70. The molecule has 1 N–H and O–H groups in total. The summed E-state index contributed by atoms with van der Waals surface area (Å²) < 4.78 is 33.2. The number of anilines is 1. The average molecular weight is 439 g/mol. The summed E-state index contributed by atoms with van der Waals surface area (Å²) in [6.07, 6.45) is 1.63. The van der Waals surface area contributed by atoms with Crippen molar-refractivity contribution in [2.75, 3.05) is 4.72 Å². The van der Waals surface area contributed by atoms with E-state index in [1.807, 2.05) is 26.0 Å². The number of hydrogen-bond acceptors (Lipinski definition) is 4. The van der Waals surface area contributed by atoms with Crippen LogP contribution in [0.5, 0.6) is 0 Å². The molecule has 0 aliphatic heterocycles. The van der Waals surface area contributed by atoms with E-state index in [1.54, 1.807) is 30.5 Å². The van der Waals surface area contributed by atoms with E-state index in [2.05, 4.69) is 15.8 Å². The average Bonchev–Trinajstić information content (AvgIpc) is 3.18. The van der Waals surface area contributed by atoms with E-state index in [9.17, 15) is 8.42 Å². The van der Waals surface area contributed by atoms with Crippen LogP contribution in [0.3, 0.4) is 0 Å². The zero-order valence-corrected chi connectivity index (χ0v) is 18.0. The van der Waals surface area contributed by atoms with E-state index in [1.165, 1.54) is 29.8 Å². The van der Waals surface area contributed by atoms with Crippen LogP contribution in [0.1, 0.15) is 11.1 Å². The molecule has 0 saturated carbocycles. The highest BCUT2D eigenvalue weighted by molar-refractivity contribution is 7.92. The molecule has 1 heterocycles. The Morgan fingerprint density at radius 1 is 0.933 bits per heavy atom. The summed E-state index contributed by atoms with van der Waals surface area (Å²) in [4.78, 5) is 4.72. The Morgan fingerprint density at radius 3 is 2.30 bits per heavy atom. The number of oxazole rings is 1. The molecule has 5 nitrogen and oxygen atoms in total. The number of hydrogen-bond donors (Lipinski definition) is 1. The van der Waals surface area contributed by atoms with Gasteiger partial charge in [0.2, 0.25) is 5.89 Å². The lowest BCUT2D eigenvalue weighted by atomic mass is 10.0. The van der Waals surface area contributed by atoms with Crippen LogP contribution in [-0.4, -0.2) is 13.4 Å². The fourth-order valence-corrected chi connectivity index (χ4v) is 4.32. The Labute approximate surface area is 180 Å². The predicted molar refractivity (Wildman–Crippen MR) is 119 cm³/mol. The molecule has 0 fully saturated rings. The monoisotopic (exact) mass is 438 g/mol. The lowest BCUT2D eigenvalue weighted by Gasteiger charge is -2.08. The standard InChI is InChI=1S/C23H19ClN2O3S/c1-15-3-12-21(16(2)13-15)22-14-29-23(25-22)17-4-8-19(9-5-17)26-30(27,28)20-10-6-18(24)7-11-20/h3-14,26H,1-2H3. The lowest BCUT2D eigenvalue weighted by Crippen LogP contribution is -2.12. The van der Waals surface area contributed by atoms with Crippen LogP contribution < -0.4 is 4.72 Å². The summed E-state index contributed by atoms with van der Waals surface area (Å²) in [5, 5.41) is 0.476. The van der Waals surface area contributed by atoms with Crippen molar-refractivity contribution < 1.29 is 12.8 Å². The van der Waals surface area contributed by atoms with Crippen molar-refractivity contribution in [1.82, 2.24) is 4.98 Å². The molecule has 0 bridgehead atoms. The van der Waals surface area contributed by atoms with Gasteiger partial charge in [-0.15, -0.1) is 0 Å². The molecule has 4 aromatic rings. The zero-order valence-electron chi connectivity index (χ0n) is 16.4. The number of sulfonamides is 1. The predicted octanol–water partition coefficient (Wildman–Crippen LogP) is 6.08. The van der Waals surface area contributed by atoms with E-state index < -0.39 is 10.0 Å². The quantitative estimate of drug-likeness (QED) is 0.409. The third-order valence-corrected chi connectivity index (χ3v) is 6.32. The Kier molecular flexibility index (Phi) is 5.37. The van der Waals surface area contributed by atoms with Gasteiger partial charge in [0.05, 0.1) is 4.90 Å². The molecule has 0 amide bonds. The molecule has 4 rings (SSSR count). The molecular formula is C23H19ClN2O3S. The summed E-state index contributed by atoms with van der Waals surface area (Å²) in [5.41, 5.74) is 5.28. The van der Waals surface area contributed by atoms with Crippen LogP contribution in [0.15, 0.2) is 82.3 Å². The van der Waals surface area contributed by atoms with Gasteiger partial charge in [-0.05, 0) is 67.9 Å². The molecule has 0 aliphatic carbocycles. The summed E-state index contributed by atoms with van der Waals surface area (Å²) in [6, 6.07) is 19.0. The van der Waals surface area contributed by atoms with Crippen molar-refractivity contribution in [3.63, 3.8) is 0 Å². The van der Waals surface area contributed by atoms with Crippen molar-refractivity contribution in [3.05, 3.63) is 89.1 Å². The molecule has 0 unspecified atom stereocenters. The van der Waals surface area contributed by atoms with Crippen molar-refractivity contribution >= 4 is 27.3 Å². The van der Waals surface area contributed by atoms with E-state index in [0.717, 1.165) is 22.4 Å². The maximum Gasteiger partial charge on any atom is 0.261 e. The van der Waals surface area contributed by atoms with Crippen LogP contribution in [0, 0.1) is 13.8 Å². The number of benzene rings is 3. The molecule has 152 valence electrons. The first-order chi connectivity index (χ1) is 14.3. The minimum Gasteiger partial charge on any atom is -0.444 e. The van der Waals surface area contributed by atoms with E-state index >= 15 is 0 Å². The van der Waals surface area contributed by atoms with Crippen LogP contribution >= 0.6 is 11.6 Å². The first kappa shape index (κ1) is 20.2. The maximum atomic E-state index is 12.5. The smallest absolute Gasteiger partial charge is 0.261 e. The second-order valence-electron chi connectivity index (χ2n) is 6.99. The Bertz CT molecular complexity index is 1300. The number of aryl methyl sites for hydroxylation is 2. The van der Waals surface area contributed by atoms with E-state index in [0.29, 0.717) is 16.6 Å². The topological polar surface area (TPSA) is 72.2 Å². The molecule has 30 heavy (non-hydrogen) atoms. The molecule has 0 spiro atoms. The largest absolute Gasteiger partial charge is 0.444 e. The van der Waals surface area contributed by atoms with Gasteiger partial charge in [-0.25, -0.2) is 13.4 Å². The maximum absolute atomic E-state index is 12.5. The lowest BCUT2D eigenvalue weighted by molar-refractivity contribution is 0.575. The van der Waals surface area contributed by atoms with Gasteiger partial charge >= 0.3 is 0 Å². The highest BCUT2D eigenvalue weighted by Crippen LogP contribution is 2.28. The van der Waals surface area contributed by atoms with Crippen molar-refractivity contribution in [1.29, 1.82) is 0 Å². The fourth-order valence-electron chi connectivity index (χ4n) is 3.14. The first-order valence-electron chi connectivity index (χ1n) is 9.24. The van der Waals surface area contributed by atoms with Gasteiger partial charge in [0.25, 0.3) is 10.0 Å². The summed E-state index contributed by atoms with van der Waals surface area (Å²) in [6.45, 7) is 4.09. The van der Waals surface area contributed by atoms with Gasteiger partial charge in [-0.2, -0.15) is 0 Å². The van der Waals surface area contributed by atoms with Gasteiger partial charge in [0, 0.05) is 21.8 Å². The molecule has 7 heteroatoms. The minimum atomic E-state index is -3.70. The first-order valence-corrected chi connectivity index (χ1v) is 11.1. The molecule has 0 atom stereocenters. The third-order valence-electron chi connectivity index (χ3n) is 4.67. The normalized spacial score (nSPS) is 11.4. The highest BCUT2D eigenvalue weighted by atomic mass is 35.5. The van der Waals surface area contributed by atoms with Gasteiger partial charge < -0.3 is 4.42 Å². The molecular weight excluding hydrogens is 420 g/mol. The fraction of sp³-hybridized carbons (Fsp3) is 0.0870. The van der Waals surface area contributed by atoms with Gasteiger partial charge in [-0.3, -0.25) is 4.72 Å². The molecule has 0 radical (unpaired) electrons. The van der Waals surface area contributed by atoms with Gasteiger partial charge in [-0.1, -0.05) is 35.4 Å². The van der Waals surface area contributed by atoms with Crippen molar-refractivity contribution in [3.8, 4) is 22.7 Å². The molecule has 0 saturated heterocycles. The number of nitrogens with zero attached hydrogens (tertiary/aromatic N) is 1. The summed E-state index contributed by atoms with van der Waals surface area (Å²) in [5.74, 6) is 0.470. The van der Waals surface area contributed by atoms with E-state index in [4.69, 9.17) is 16.0 Å². The van der Waals surface area contributed by atoms with Gasteiger partial charge in [0.15, 0.2) is 0 Å². The summed E-state index contributed by atoms with van der Waals surface area (Å²) >= 11 is 5.82. The number of aromatic nitrogens is 1. The second kappa shape index (κ2) is 7.97. The SMILES string of the molecule is Cc1ccc(-c2coc(-c3ccc(NS(=O)(=O)c4ccc(Cl)cc4)cc3)n2)c(C)c1. The Hall–Kier alpha value is -3.09. The van der Waals surface area contributed by atoms with Crippen LogP contribution in [0.4, 0.5) is 5.69 Å². The zero-order chi connectivity index (χ0) is 21.3. The van der Waals surface area contributed by atoms with Crippen LogP contribution in [-0.2, 0) is 10.0 Å². The van der Waals surface area contributed by atoms with Crippen LogP contribution in [0.2, 0.25) is 5.02 Å². The van der Waals surface area contributed by atoms with Gasteiger partial charge in [0.1, 0.15) is 12.0 Å². The van der Waals surface area contributed by atoms with E-state index in [-0.39, 0.29) is 4.90 Å². The molecule has 0 aliphatic rings. The minimum absolute atomic E-state index is 0.141. The van der Waals surface area contributed by atoms with Crippen molar-refractivity contribution in [2.45, 2.75) is 18.7 Å². The second-order valence-corrected chi connectivity index (χ2v) is 9.11. The molecule has 1 aromatic heterocycles. The number of rotatable bonds is 5. The Morgan fingerprint density at radius 2 is 1.63 bits per heavy atom. The number of nitrogens with one attached hydrogen (secondary N) is 1. The van der Waals surface area contributed by atoms with Crippen molar-refractivity contribution in [2.24, 2.45) is 0 Å². The number of halogens is 1. The third kappa shape index (κ3) is 4.25.